The first-order valence-electron chi connectivity index (χ1n) is 12.9. The number of carbonyl (C=O) groups excluding carboxylic acids is 2. The quantitative estimate of drug-likeness (QED) is 0.0715. The van der Waals surface area contributed by atoms with Gasteiger partial charge in [0, 0.05) is 6.08 Å². The minimum Gasteiger partial charge on any atom is -0.504 e. The van der Waals surface area contributed by atoms with Gasteiger partial charge in [0.05, 0.1) is 12.2 Å². The fourth-order valence-electron chi connectivity index (χ4n) is 4.14. The Morgan fingerprint density at radius 3 is 1.91 bits per heavy atom. The number of aliphatic hydroxyl groups excluding tert-OH is 3. The molecule has 4 rings (SSSR count). The van der Waals surface area contributed by atoms with E-state index >= 15 is 0 Å². The van der Waals surface area contributed by atoms with E-state index in [0.717, 1.165) is 30.4 Å². The average Bonchev–Trinajstić information content (AvgIpc) is 3.00. The molecular formula is C30H28O14. The van der Waals surface area contributed by atoms with Crippen LogP contribution in [-0.2, 0) is 14.3 Å². The van der Waals surface area contributed by atoms with Crippen molar-refractivity contribution in [1.29, 1.82) is 0 Å². The fourth-order valence-corrected chi connectivity index (χ4v) is 4.14. The molecule has 0 radical (unpaired) electrons. The Balaban J connectivity index is 1.53. The van der Waals surface area contributed by atoms with Gasteiger partial charge in [0.15, 0.2) is 46.4 Å². The second-order valence-corrected chi connectivity index (χ2v) is 9.56. The van der Waals surface area contributed by atoms with E-state index in [1.807, 2.05) is 0 Å². The summed E-state index contributed by atoms with van der Waals surface area (Å²) in [4.78, 5) is 25.2. The maximum Gasteiger partial charge on any atom is 0.331 e. The molecule has 5 atom stereocenters. The number of hydrogen-bond donors (Lipinski definition) is 9. The minimum absolute atomic E-state index is 0.303. The van der Waals surface area contributed by atoms with Crippen molar-refractivity contribution in [3.05, 3.63) is 77.4 Å². The van der Waals surface area contributed by atoms with E-state index in [1.54, 1.807) is 0 Å². The summed E-state index contributed by atoms with van der Waals surface area (Å²) in [5, 5.41) is 89.6. The van der Waals surface area contributed by atoms with Gasteiger partial charge in [-0.1, -0.05) is 18.2 Å². The zero-order chi connectivity index (χ0) is 32.1. The molecule has 0 unspecified atom stereocenters. The molecular weight excluding hydrogens is 584 g/mol. The number of ketones is 1. The molecule has 3 aromatic rings. The van der Waals surface area contributed by atoms with Gasteiger partial charge in [-0.05, 0) is 59.7 Å². The van der Waals surface area contributed by atoms with Gasteiger partial charge in [-0.25, -0.2) is 4.79 Å². The topological polar surface area (TPSA) is 244 Å². The zero-order valence-electron chi connectivity index (χ0n) is 22.6. The molecule has 0 saturated carbocycles. The van der Waals surface area contributed by atoms with Crippen LogP contribution in [0.4, 0.5) is 0 Å². The molecule has 14 heteroatoms. The average molecular weight is 613 g/mol. The fraction of sp³-hybridized carbons (Fsp3) is 0.200. The van der Waals surface area contributed by atoms with Crippen molar-refractivity contribution in [1.82, 2.24) is 0 Å². The van der Waals surface area contributed by atoms with Crippen molar-refractivity contribution in [3.8, 4) is 40.2 Å². The van der Waals surface area contributed by atoms with Gasteiger partial charge >= 0.3 is 5.97 Å². The highest BCUT2D eigenvalue weighted by Gasteiger charge is 2.48. The maximum atomic E-state index is 12.7. The third-order valence-corrected chi connectivity index (χ3v) is 6.54. The van der Waals surface area contributed by atoms with E-state index < -0.39 is 77.8 Å². The lowest BCUT2D eigenvalue weighted by Gasteiger charge is -2.41. The number of hydrogen-bond acceptors (Lipinski definition) is 14. The van der Waals surface area contributed by atoms with Gasteiger partial charge in [-0.2, -0.15) is 0 Å². The Morgan fingerprint density at radius 1 is 0.750 bits per heavy atom. The Morgan fingerprint density at radius 2 is 1.34 bits per heavy atom. The SMILES string of the molecule is O=C(/C=C/c1ccc(O)c(O)c1)O[C@H]1[C@H](Oc2ccc(C(=O)/C=C/c3ccc(O)c(O)c3)c(O)c2O)O[C@H](CO)[C@@H](O)[C@H]1O. The summed E-state index contributed by atoms with van der Waals surface area (Å²) in [7, 11) is 0. The van der Waals surface area contributed by atoms with Crippen molar-refractivity contribution in [2.45, 2.75) is 30.7 Å². The Hall–Kier alpha value is -5.28. The molecule has 1 fully saturated rings. The number of carbonyl (C=O) groups is 2. The predicted molar refractivity (Wildman–Crippen MR) is 150 cm³/mol. The van der Waals surface area contributed by atoms with Crippen molar-refractivity contribution in [3.63, 3.8) is 0 Å². The lowest BCUT2D eigenvalue weighted by molar-refractivity contribution is -0.281. The van der Waals surface area contributed by atoms with Gasteiger partial charge in [-0.15, -0.1) is 0 Å². The van der Waals surface area contributed by atoms with Crippen LogP contribution in [-0.4, -0.2) is 95.0 Å². The lowest BCUT2D eigenvalue weighted by atomic mass is 9.99. The summed E-state index contributed by atoms with van der Waals surface area (Å²) in [5.74, 6) is -5.70. The Bertz CT molecular complexity index is 1600. The molecule has 0 bridgehead atoms. The molecule has 1 aliphatic rings. The van der Waals surface area contributed by atoms with E-state index in [-0.39, 0.29) is 17.1 Å². The second kappa shape index (κ2) is 13.4. The molecule has 232 valence electrons. The number of allylic oxidation sites excluding steroid dienone is 1. The van der Waals surface area contributed by atoms with Crippen LogP contribution in [0.3, 0.4) is 0 Å². The molecule has 44 heavy (non-hydrogen) atoms. The minimum atomic E-state index is -1.85. The number of esters is 1. The van der Waals surface area contributed by atoms with Crippen molar-refractivity contribution < 1.29 is 69.8 Å². The van der Waals surface area contributed by atoms with E-state index in [1.165, 1.54) is 42.5 Å². The van der Waals surface area contributed by atoms with Crippen molar-refractivity contribution in [2.75, 3.05) is 6.61 Å². The first kappa shape index (κ1) is 31.7. The van der Waals surface area contributed by atoms with Crippen molar-refractivity contribution in [2.24, 2.45) is 0 Å². The zero-order valence-corrected chi connectivity index (χ0v) is 22.6. The lowest BCUT2D eigenvalue weighted by Crippen LogP contribution is -2.61. The van der Waals surface area contributed by atoms with Gasteiger partial charge in [0.25, 0.3) is 0 Å². The van der Waals surface area contributed by atoms with Crippen LogP contribution in [0.1, 0.15) is 21.5 Å². The summed E-state index contributed by atoms with van der Waals surface area (Å²) in [6.07, 6.45) is -3.98. The van der Waals surface area contributed by atoms with Crippen LogP contribution in [0.25, 0.3) is 12.2 Å². The predicted octanol–water partition coefficient (Wildman–Crippen LogP) is 1.26. The molecule has 1 aliphatic heterocycles. The number of rotatable bonds is 9. The molecule has 3 aromatic carbocycles. The smallest absolute Gasteiger partial charge is 0.331 e. The summed E-state index contributed by atoms with van der Waals surface area (Å²) in [6.45, 7) is -0.779. The van der Waals surface area contributed by atoms with Crippen LogP contribution in [0.2, 0.25) is 0 Å². The van der Waals surface area contributed by atoms with Gasteiger partial charge in [0.2, 0.25) is 12.0 Å². The maximum absolute atomic E-state index is 12.7. The third-order valence-electron chi connectivity index (χ3n) is 6.54. The van der Waals surface area contributed by atoms with Crippen LogP contribution in [0.5, 0.6) is 40.2 Å². The molecule has 1 heterocycles. The Labute approximate surface area is 248 Å². The van der Waals surface area contributed by atoms with Gasteiger partial charge < -0.3 is 60.2 Å². The third kappa shape index (κ3) is 7.02. The van der Waals surface area contributed by atoms with Crippen LogP contribution >= 0.6 is 0 Å². The number of aliphatic hydroxyl groups is 3. The first-order chi connectivity index (χ1) is 20.9. The van der Waals surface area contributed by atoms with Gasteiger partial charge in [0.1, 0.15) is 18.3 Å². The molecule has 14 nitrogen and oxygen atoms in total. The molecule has 0 amide bonds. The van der Waals surface area contributed by atoms with Gasteiger partial charge in [-0.3, -0.25) is 4.79 Å². The molecule has 9 N–H and O–H groups in total. The van der Waals surface area contributed by atoms with Crippen LogP contribution < -0.4 is 4.74 Å². The monoisotopic (exact) mass is 612 g/mol. The number of aromatic hydroxyl groups is 6. The molecule has 0 spiro atoms. The highest BCUT2D eigenvalue weighted by Crippen LogP contribution is 2.40. The van der Waals surface area contributed by atoms with Crippen LogP contribution in [0.15, 0.2) is 60.7 Å². The van der Waals surface area contributed by atoms with E-state index in [9.17, 15) is 55.5 Å². The number of benzene rings is 3. The molecule has 1 saturated heterocycles. The summed E-state index contributed by atoms with van der Waals surface area (Å²) in [6, 6.07) is 9.73. The number of ether oxygens (including phenoxy) is 3. The Kier molecular flexibility index (Phi) is 9.60. The normalized spacial score (nSPS) is 21.8. The standard InChI is InChI=1S/C30H28O14/c31-13-23-27(40)28(41)29(44-24(37)10-4-15-3-8-19(34)21(36)12-15)30(43-23)42-22-9-5-16(25(38)26(22)39)17(32)6-1-14-2-7-18(33)20(35)11-14/h1-12,23,27-31,33-36,38-41H,13H2/b6-1+,10-4+/t23-,27-,28-,29-,30-/m1/s1. The molecule has 0 aliphatic carbocycles. The second-order valence-electron chi connectivity index (χ2n) is 9.56. The summed E-state index contributed by atoms with van der Waals surface area (Å²) >= 11 is 0. The van der Waals surface area contributed by atoms with Crippen LogP contribution in [0, 0.1) is 0 Å². The van der Waals surface area contributed by atoms with Crippen molar-refractivity contribution >= 4 is 23.9 Å². The highest BCUT2D eigenvalue weighted by atomic mass is 16.7. The summed E-state index contributed by atoms with van der Waals surface area (Å²) in [5.41, 5.74) is 0.301. The number of phenolic OH excluding ortho intramolecular Hbond substituents is 6. The summed E-state index contributed by atoms with van der Waals surface area (Å²) < 4.78 is 16.2. The largest absolute Gasteiger partial charge is 0.504 e. The molecule has 0 aromatic heterocycles. The van der Waals surface area contributed by atoms with E-state index in [0.29, 0.717) is 11.1 Å². The first-order valence-corrected chi connectivity index (χ1v) is 12.9. The van der Waals surface area contributed by atoms with E-state index in [2.05, 4.69) is 0 Å². The highest BCUT2D eigenvalue weighted by molar-refractivity contribution is 6.09. The number of phenols is 6. The van der Waals surface area contributed by atoms with E-state index in [4.69, 9.17) is 14.2 Å².